The van der Waals surface area contributed by atoms with Crippen molar-refractivity contribution in [2.45, 2.75) is 90.6 Å². The number of ether oxygens (including phenoxy) is 1. The predicted molar refractivity (Wildman–Crippen MR) is 156 cm³/mol. The zero-order valence-corrected chi connectivity index (χ0v) is 26.3. The monoisotopic (exact) mass is 643 g/mol. The molecule has 236 valence electrons. The summed E-state index contributed by atoms with van der Waals surface area (Å²) in [5.41, 5.74) is -2.09. The number of aromatic nitrogens is 2. The van der Waals surface area contributed by atoms with Crippen LogP contribution in [0.5, 0.6) is 0 Å². The van der Waals surface area contributed by atoms with Crippen molar-refractivity contribution in [3.05, 3.63) is 51.3 Å². The number of hydrogen-bond acceptors (Lipinski definition) is 5. The average molecular weight is 645 g/mol. The molecule has 1 N–H and O–H groups in total. The number of rotatable bonds is 8. The molecular weight excluding hydrogens is 606 g/mol. The number of carbonyl (C=O) groups is 2. The Bertz CT molecular complexity index is 1350. The van der Waals surface area contributed by atoms with E-state index in [-0.39, 0.29) is 59.0 Å². The molecule has 7 nitrogen and oxygen atoms in total. The largest absolute Gasteiger partial charge is 0.466 e. The summed E-state index contributed by atoms with van der Waals surface area (Å²) >= 11 is 12.6. The van der Waals surface area contributed by atoms with Gasteiger partial charge in [0.25, 0.3) is 5.91 Å². The van der Waals surface area contributed by atoms with E-state index in [4.69, 9.17) is 27.9 Å². The predicted octanol–water partition coefficient (Wildman–Crippen LogP) is 7.50. The number of amides is 1. The normalized spacial score (nSPS) is 28.7. The molecule has 0 radical (unpaired) electrons. The van der Waals surface area contributed by atoms with Gasteiger partial charge in [0.2, 0.25) is 0 Å². The molecule has 1 aromatic heterocycles. The minimum atomic E-state index is -4.86. The summed E-state index contributed by atoms with van der Waals surface area (Å²) in [6, 6.07) is 3.77. The van der Waals surface area contributed by atoms with Crippen LogP contribution in [0, 0.1) is 22.7 Å². The highest BCUT2D eigenvalue weighted by Crippen LogP contribution is 2.67. The Morgan fingerprint density at radius 1 is 1.14 bits per heavy atom. The summed E-state index contributed by atoms with van der Waals surface area (Å²) in [5.74, 6) is -0.479. The van der Waals surface area contributed by atoms with E-state index in [0.29, 0.717) is 37.5 Å². The highest BCUT2D eigenvalue weighted by Gasteiger charge is 2.63. The molecule has 43 heavy (non-hydrogen) atoms. The van der Waals surface area contributed by atoms with Gasteiger partial charge in [-0.2, -0.15) is 18.3 Å². The van der Waals surface area contributed by atoms with Crippen LogP contribution in [0.15, 0.2) is 24.4 Å². The number of fused-ring (bicyclic) bond motifs is 1. The molecule has 2 aromatic rings. The summed E-state index contributed by atoms with van der Waals surface area (Å²) in [6.07, 6.45) is -2.66. The van der Waals surface area contributed by atoms with E-state index >= 15 is 0 Å². The van der Waals surface area contributed by atoms with Crippen LogP contribution in [0.4, 0.5) is 13.2 Å². The molecule has 3 aliphatic rings. The highest BCUT2D eigenvalue weighted by atomic mass is 35.5. The Morgan fingerprint density at radius 3 is 2.26 bits per heavy atom. The third-order valence-electron chi connectivity index (χ3n) is 10.2. The minimum Gasteiger partial charge on any atom is -0.466 e. The number of nitrogens with zero attached hydrogens (tertiary/aromatic N) is 3. The van der Waals surface area contributed by atoms with E-state index in [1.165, 1.54) is 4.90 Å². The molecule has 5 rings (SSSR count). The van der Waals surface area contributed by atoms with Crippen molar-refractivity contribution < 1.29 is 32.6 Å². The Hall–Kier alpha value is -2.30. The average Bonchev–Trinajstić information content (AvgIpc) is 3.36. The Labute approximate surface area is 259 Å². The van der Waals surface area contributed by atoms with Crippen LogP contribution in [-0.4, -0.2) is 50.9 Å². The second kappa shape index (κ2) is 11.6. The van der Waals surface area contributed by atoms with Crippen LogP contribution in [0.2, 0.25) is 10.0 Å². The summed E-state index contributed by atoms with van der Waals surface area (Å²) in [7, 11) is 0. The number of halogens is 5. The smallest absolute Gasteiger partial charge is 0.433 e. The highest BCUT2D eigenvalue weighted by molar-refractivity contribution is 6.36. The maximum Gasteiger partial charge on any atom is 0.433 e. The van der Waals surface area contributed by atoms with Gasteiger partial charge in [0.1, 0.15) is 0 Å². The van der Waals surface area contributed by atoms with E-state index in [1.54, 1.807) is 32.0 Å². The van der Waals surface area contributed by atoms with E-state index in [9.17, 15) is 27.9 Å². The van der Waals surface area contributed by atoms with Gasteiger partial charge in [-0.1, -0.05) is 43.1 Å². The van der Waals surface area contributed by atoms with Gasteiger partial charge in [0, 0.05) is 21.7 Å². The van der Waals surface area contributed by atoms with Gasteiger partial charge in [0.15, 0.2) is 5.69 Å². The van der Waals surface area contributed by atoms with E-state index in [0.717, 1.165) is 10.9 Å². The number of aliphatic hydroxyl groups excluding tert-OH is 1. The number of benzene rings is 1. The van der Waals surface area contributed by atoms with E-state index in [1.807, 2.05) is 0 Å². The van der Waals surface area contributed by atoms with Crippen molar-refractivity contribution in [2.24, 2.45) is 22.7 Å². The first-order valence-corrected chi connectivity index (χ1v) is 15.6. The minimum absolute atomic E-state index is 0.122. The van der Waals surface area contributed by atoms with E-state index < -0.39 is 40.9 Å². The zero-order chi connectivity index (χ0) is 31.5. The standard InChI is InChI=1S/C31H38Cl2F3N3O4/c1-5-43-28(42)30(4)11-9-17(10-12-30)39-26(31(34,35)36)19(15-37-39)27(41)38(18-13-20-21(14-18)29(20,2)3)16-24(40)25-22(32)7-6-8-23(25)33/h6-8,15,17-18,20-21,24,40H,5,9-14,16H2,1-4H3/t17?,18?,20-,21+,24?,30?. The second-order valence-corrected chi connectivity index (χ2v) is 13.9. The molecule has 1 aromatic carbocycles. The van der Waals surface area contributed by atoms with Gasteiger partial charge in [-0.3, -0.25) is 14.3 Å². The number of alkyl halides is 3. The van der Waals surface area contributed by atoms with Gasteiger partial charge in [-0.15, -0.1) is 0 Å². The van der Waals surface area contributed by atoms with Crippen molar-refractivity contribution in [1.29, 1.82) is 0 Å². The zero-order valence-electron chi connectivity index (χ0n) is 24.8. The van der Waals surface area contributed by atoms with Gasteiger partial charge < -0.3 is 14.7 Å². The molecule has 1 heterocycles. The van der Waals surface area contributed by atoms with Crippen molar-refractivity contribution in [2.75, 3.05) is 13.2 Å². The topological polar surface area (TPSA) is 84.7 Å². The lowest BCUT2D eigenvalue weighted by Crippen LogP contribution is -2.43. The van der Waals surface area contributed by atoms with Gasteiger partial charge >= 0.3 is 12.1 Å². The molecule has 0 spiro atoms. The molecular formula is C31H38Cl2F3N3O4. The van der Waals surface area contributed by atoms with Crippen molar-refractivity contribution in [3.8, 4) is 0 Å². The fourth-order valence-electron chi connectivity index (χ4n) is 7.46. The van der Waals surface area contributed by atoms with Crippen LogP contribution in [0.25, 0.3) is 0 Å². The van der Waals surface area contributed by atoms with E-state index in [2.05, 4.69) is 18.9 Å². The van der Waals surface area contributed by atoms with Crippen molar-refractivity contribution in [1.82, 2.24) is 14.7 Å². The van der Waals surface area contributed by atoms with Crippen LogP contribution in [0.3, 0.4) is 0 Å². The van der Waals surface area contributed by atoms with Crippen molar-refractivity contribution >= 4 is 35.1 Å². The fraction of sp³-hybridized carbons (Fsp3) is 0.645. The lowest BCUT2D eigenvalue weighted by molar-refractivity contribution is -0.157. The summed E-state index contributed by atoms with van der Waals surface area (Å²) in [4.78, 5) is 27.9. The number of aliphatic hydroxyl groups is 1. The molecule has 4 atom stereocenters. The quantitative estimate of drug-likeness (QED) is 0.301. The molecule has 1 amide bonds. The fourth-order valence-corrected chi connectivity index (χ4v) is 8.11. The van der Waals surface area contributed by atoms with Gasteiger partial charge in [-0.05, 0) is 81.8 Å². The SMILES string of the molecule is CCOC(=O)C1(C)CCC(n2ncc(C(=O)N(CC(O)c3c(Cl)cccc3Cl)C3C[C@@H]4[C@H](C3)C4(C)C)c2C(F)(F)F)CC1. The summed E-state index contributed by atoms with van der Waals surface area (Å²) in [6.45, 7) is 7.76. The molecule has 2 unspecified atom stereocenters. The maximum atomic E-state index is 14.7. The Kier molecular flexibility index (Phi) is 8.64. The Balaban J connectivity index is 1.45. The van der Waals surface area contributed by atoms with Crippen LogP contribution >= 0.6 is 23.2 Å². The van der Waals surface area contributed by atoms with Gasteiger partial charge in [-0.25, -0.2) is 0 Å². The lowest BCUT2D eigenvalue weighted by atomic mass is 9.74. The molecule has 0 bridgehead atoms. The summed E-state index contributed by atoms with van der Waals surface area (Å²) < 4.78 is 50.2. The molecule has 0 saturated heterocycles. The van der Waals surface area contributed by atoms with Crippen LogP contribution in [-0.2, 0) is 15.7 Å². The molecule has 3 aliphatic carbocycles. The lowest BCUT2D eigenvalue weighted by Gasteiger charge is -2.36. The first-order valence-electron chi connectivity index (χ1n) is 14.8. The van der Waals surface area contributed by atoms with Crippen LogP contribution in [0.1, 0.15) is 100.0 Å². The third-order valence-corrected chi connectivity index (χ3v) is 10.9. The number of hydrogen-bond donors (Lipinski definition) is 1. The Morgan fingerprint density at radius 2 is 1.72 bits per heavy atom. The number of esters is 1. The van der Waals surface area contributed by atoms with Gasteiger partial charge in [0.05, 0.1) is 42.5 Å². The first kappa shape index (κ1) is 32.1. The van der Waals surface area contributed by atoms with Crippen LogP contribution < -0.4 is 0 Å². The molecule has 3 saturated carbocycles. The molecule has 0 aliphatic heterocycles. The first-order chi connectivity index (χ1) is 20.1. The summed E-state index contributed by atoms with van der Waals surface area (Å²) in [5, 5.41) is 15.7. The third kappa shape index (κ3) is 5.91. The second-order valence-electron chi connectivity index (χ2n) is 13.1. The van der Waals surface area contributed by atoms with Crippen molar-refractivity contribution in [3.63, 3.8) is 0 Å². The number of carbonyl (C=O) groups excluding carboxylic acids is 2. The molecule has 12 heteroatoms. The molecule has 3 fully saturated rings. The maximum absolute atomic E-state index is 14.7.